The van der Waals surface area contributed by atoms with Crippen LogP contribution in [-0.2, 0) is 9.53 Å². The fourth-order valence-electron chi connectivity index (χ4n) is 3.77. The maximum absolute atomic E-state index is 12.4. The fraction of sp³-hybridized carbons (Fsp3) is 0.632. The minimum Gasteiger partial charge on any atom is -0.380 e. The van der Waals surface area contributed by atoms with Crippen molar-refractivity contribution in [1.82, 2.24) is 10.2 Å². The zero-order chi connectivity index (χ0) is 17.0. The molecule has 24 heavy (non-hydrogen) atoms. The molecule has 0 radical (unpaired) electrons. The molecule has 1 heterocycles. The fourth-order valence-corrected chi connectivity index (χ4v) is 3.77. The highest BCUT2D eigenvalue weighted by molar-refractivity contribution is 5.85. The van der Waals surface area contributed by atoms with E-state index < -0.39 is 5.60 Å². The molecule has 1 aromatic carbocycles. The Kier molecular flexibility index (Phi) is 5.54. The summed E-state index contributed by atoms with van der Waals surface area (Å²) in [6.45, 7) is 5.77. The number of ether oxygens (including phenoxy) is 1. The number of nitrogens with one attached hydrogen (secondary N) is 1. The Labute approximate surface area is 144 Å². The zero-order valence-corrected chi connectivity index (χ0v) is 14.5. The zero-order valence-electron chi connectivity index (χ0n) is 14.5. The number of aryl methyl sites for hydroxylation is 1. The monoisotopic (exact) mass is 332 g/mol. The quantitative estimate of drug-likeness (QED) is 0.863. The predicted molar refractivity (Wildman–Crippen MR) is 92.7 cm³/mol. The van der Waals surface area contributed by atoms with Gasteiger partial charge in [0.15, 0.2) is 0 Å². The minimum absolute atomic E-state index is 0.114. The van der Waals surface area contributed by atoms with Crippen molar-refractivity contribution >= 4 is 5.91 Å². The van der Waals surface area contributed by atoms with Crippen molar-refractivity contribution in [3.8, 4) is 0 Å². The molecule has 1 saturated carbocycles. The van der Waals surface area contributed by atoms with Crippen LogP contribution in [0.15, 0.2) is 24.3 Å². The lowest BCUT2D eigenvalue weighted by atomic mass is 9.99. The number of hydrogen-bond acceptors (Lipinski definition) is 4. The van der Waals surface area contributed by atoms with E-state index in [9.17, 15) is 9.90 Å². The summed E-state index contributed by atoms with van der Waals surface area (Å²) in [6.07, 6.45) is 3.00. The van der Waals surface area contributed by atoms with Crippen molar-refractivity contribution < 1.29 is 14.6 Å². The summed E-state index contributed by atoms with van der Waals surface area (Å²) >= 11 is 0. The van der Waals surface area contributed by atoms with Crippen molar-refractivity contribution in [1.29, 1.82) is 0 Å². The number of morpholine rings is 1. The van der Waals surface area contributed by atoms with Crippen LogP contribution >= 0.6 is 0 Å². The normalized spacial score (nSPS) is 22.2. The maximum Gasteiger partial charge on any atom is 0.252 e. The van der Waals surface area contributed by atoms with Crippen molar-refractivity contribution in [2.45, 2.75) is 44.2 Å². The molecule has 2 aliphatic rings. The van der Waals surface area contributed by atoms with Crippen molar-refractivity contribution in [3.05, 3.63) is 35.4 Å². The smallest absolute Gasteiger partial charge is 0.252 e. The highest BCUT2D eigenvalue weighted by Crippen LogP contribution is 2.30. The second-order valence-corrected chi connectivity index (χ2v) is 7.03. The first-order chi connectivity index (χ1) is 11.6. The molecule has 1 unspecified atom stereocenters. The van der Waals surface area contributed by atoms with Gasteiger partial charge < -0.3 is 15.2 Å². The molecule has 1 amide bonds. The van der Waals surface area contributed by atoms with Crippen LogP contribution in [0.25, 0.3) is 0 Å². The van der Waals surface area contributed by atoms with E-state index >= 15 is 0 Å². The molecule has 1 aliphatic carbocycles. The van der Waals surface area contributed by atoms with Gasteiger partial charge in [0.1, 0.15) is 5.60 Å². The molecule has 5 nitrogen and oxygen atoms in total. The number of carbonyl (C=O) groups excluding carboxylic acids is 1. The average Bonchev–Trinajstić information content (AvgIpc) is 3.04. The van der Waals surface area contributed by atoms with Gasteiger partial charge in [0, 0.05) is 19.6 Å². The lowest BCUT2D eigenvalue weighted by molar-refractivity contribution is -0.139. The SMILES string of the molecule is Cc1cccc(C(CNC(=O)C2(O)CCCC2)N2CCOCC2)c1. The van der Waals surface area contributed by atoms with Gasteiger partial charge in [-0.3, -0.25) is 9.69 Å². The Morgan fingerprint density at radius 2 is 2.04 bits per heavy atom. The lowest BCUT2D eigenvalue weighted by Crippen LogP contribution is -2.49. The number of amides is 1. The van der Waals surface area contributed by atoms with E-state index in [1.54, 1.807) is 0 Å². The van der Waals surface area contributed by atoms with Gasteiger partial charge in [-0.1, -0.05) is 29.8 Å². The summed E-state index contributed by atoms with van der Waals surface area (Å²) in [5, 5.41) is 13.5. The standard InChI is InChI=1S/C19H28N2O3/c1-15-5-4-6-16(13-15)17(21-9-11-24-12-10-21)14-20-18(22)19(23)7-2-3-8-19/h4-6,13,17,23H,2-3,7-12,14H2,1H3,(H,20,22). The van der Waals surface area contributed by atoms with Gasteiger partial charge in [-0.2, -0.15) is 0 Å². The number of hydrogen-bond donors (Lipinski definition) is 2. The number of aliphatic hydroxyl groups is 1. The van der Waals surface area contributed by atoms with Gasteiger partial charge >= 0.3 is 0 Å². The molecular weight excluding hydrogens is 304 g/mol. The van der Waals surface area contributed by atoms with Crippen LogP contribution in [-0.4, -0.2) is 54.4 Å². The lowest BCUT2D eigenvalue weighted by Gasteiger charge is -2.35. The van der Waals surface area contributed by atoms with Gasteiger partial charge in [-0.15, -0.1) is 0 Å². The summed E-state index contributed by atoms with van der Waals surface area (Å²) in [4.78, 5) is 14.8. The molecule has 0 aromatic heterocycles. The van der Waals surface area contributed by atoms with E-state index in [1.807, 2.05) is 0 Å². The Hall–Kier alpha value is -1.43. The predicted octanol–water partition coefficient (Wildman–Crippen LogP) is 1.79. The van der Waals surface area contributed by atoms with E-state index in [-0.39, 0.29) is 11.9 Å². The van der Waals surface area contributed by atoms with Gasteiger partial charge in [0.05, 0.1) is 19.3 Å². The topological polar surface area (TPSA) is 61.8 Å². The van der Waals surface area contributed by atoms with Gasteiger partial charge in [-0.25, -0.2) is 0 Å². The van der Waals surface area contributed by atoms with Crippen LogP contribution < -0.4 is 5.32 Å². The molecule has 3 rings (SSSR count). The van der Waals surface area contributed by atoms with E-state index in [4.69, 9.17) is 4.74 Å². The molecule has 1 aliphatic heterocycles. The number of carbonyl (C=O) groups is 1. The van der Waals surface area contributed by atoms with Crippen molar-refractivity contribution in [2.75, 3.05) is 32.8 Å². The summed E-state index contributed by atoms with van der Waals surface area (Å²) in [7, 11) is 0. The van der Waals surface area contributed by atoms with Gasteiger partial charge in [-0.05, 0) is 38.2 Å². The van der Waals surface area contributed by atoms with Crippen LogP contribution in [0.3, 0.4) is 0 Å². The average molecular weight is 332 g/mol. The Bertz CT molecular complexity index is 563. The minimum atomic E-state index is -1.16. The summed E-state index contributed by atoms with van der Waals surface area (Å²) in [5.74, 6) is -0.217. The second-order valence-electron chi connectivity index (χ2n) is 7.03. The van der Waals surface area contributed by atoms with Crippen LogP contribution in [0.4, 0.5) is 0 Å². The third-order valence-corrected chi connectivity index (χ3v) is 5.22. The molecular formula is C19H28N2O3. The maximum atomic E-state index is 12.4. The third-order valence-electron chi connectivity index (χ3n) is 5.22. The summed E-state index contributed by atoms with van der Waals surface area (Å²) in [6, 6.07) is 8.55. The third kappa shape index (κ3) is 3.97. The number of rotatable bonds is 5. The molecule has 0 spiro atoms. The van der Waals surface area contributed by atoms with E-state index in [0.717, 1.165) is 39.1 Å². The highest BCUT2D eigenvalue weighted by atomic mass is 16.5. The van der Waals surface area contributed by atoms with Crippen LogP contribution in [0.2, 0.25) is 0 Å². The molecule has 1 atom stereocenters. The largest absolute Gasteiger partial charge is 0.380 e. The molecule has 2 N–H and O–H groups in total. The molecule has 0 bridgehead atoms. The van der Waals surface area contributed by atoms with Crippen molar-refractivity contribution in [3.63, 3.8) is 0 Å². The first-order valence-electron chi connectivity index (χ1n) is 8.97. The Morgan fingerprint density at radius 3 is 2.71 bits per heavy atom. The number of benzene rings is 1. The Morgan fingerprint density at radius 1 is 1.33 bits per heavy atom. The van der Waals surface area contributed by atoms with Crippen molar-refractivity contribution in [2.24, 2.45) is 0 Å². The second kappa shape index (κ2) is 7.64. The molecule has 132 valence electrons. The molecule has 5 heteroatoms. The molecule has 2 fully saturated rings. The van der Waals surface area contributed by atoms with Crippen LogP contribution in [0.1, 0.15) is 42.9 Å². The van der Waals surface area contributed by atoms with Gasteiger partial charge in [0.2, 0.25) is 0 Å². The molecule has 1 aromatic rings. The first kappa shape index (κ1) is 17.4. The van der Waals surface area contributed by atoms with Crippen LogP contribution in [0.5, 0.6) is 0 Å². The molecule has 1 saturated heterocycles. The van der Waals surface area contributed by atoms with Gasteiger partial charge in [0.25, 0.3) is 5.91 Å². The Balaban J connectivity index is 1.71. The summed E-state index contributed by atoms with van der Waals surface area (Å²) in [5.41, 5.74) is 1.25. The highest BCUT2D eigenvalue weighted by Gasteiger charge is 2.39. The van der Waals surface area contributed by atoms with E-state index in [1.165, 1.54) is 11.1 Å². The first-order valence-corrected chi connectivity index (χ1v) is 8.97. The van der Waals surface area contributed by atoms with E-state index in [0.29, 0.717) is 19.4 Å². The van der Waals surface area contributed by atoms with Crippen LogP contribution in [0, 0.1) is 6.92 Å². The summed E-state index contributed by atoms with van der Waals surface area (Å²) < 4.78 is 5.46. The van der Waals surface area contributed by atoms with E-state index in [2.05, 4.69) is 41.4 Å². The number of nitrogens with zero attached hydrogens (tertiary/aromatic N) is 1.